The van der Waals surface area contributed by atoms with E-state index in [2.05, 4.69) is 24.3 Å². The number of β-lactam (4-membered cyclic amide) rings is 1. The first-order valence-corrected chi connectivity index (χ1v) is 11.0. The number of rotatable bonds is 6. The molecule has 4 rings (SSSR count). The molecule has 2 fully saturated rings. The monoisotopic (exact) mass is 409 g/mol. The van der Waals surface area contributed by atoms with Crippen molar-refractivity contribution in [3.63, 3.8) is 0 Å². The van der Waals surface area contributed by atoms with Crippen molar-refractivity contribution in [3.05, 3.63) is 71.8 Å². The molecule has 2 saturated heterocycles. The average Bonchev–Trinajstić information content (AvgIpc) is 2.96. The lowest BCUT2D eigenvalue weighted by Gasteiger charge is -2.47. The van der Waals surface area contributed by atoms with Crippen LogP contribution in [0.15, 0.2) is 60.7 Å². The molecule has 1 amide bonds. The van der Waals surface area contributed by atoms with E-state index in [0.717, 1.165) is 12.8 Å². The van der Waals surface area contributed by atoms with Gasteiger partial charge in [0, 0.05) is 4.75 Å². The Morgan fingerprint density at radius 1 is 1.03 bits per heavy atom. The van der Waals surface area contributed by atoms with Crippen LogP contribution in [0.25, 0.3) is 0 Å². The number of hydrogen-bond donors (Lipinski definition) is 0. The van der Waals surface area contributed by atoms with Gasteiger partial charge >= 0.3 is 5.97 Å². The molecule has 0 saturated carbocycles. The Labute approximate surface area is 176 Å². The van der Waals surface area contributed by atoms with E-state index in [1.165, 1.54) is 18.2 Å². The predicted molar refractivity (Wildman–Crippen MR) is 115 cm³/mol. The summed E-state index contributed by atoms with van der Waals surface area (Å²) in [6, 6.07) is 20.2. The third kappa shape index (κ3) is 3.68. The number of benzene rings is 2. The summed E-state index contributed by atoms with van der Waals surface area (Å²) in [5, 5.41) is 0.0269. The standard InChI is InChI=1S/C24H27NO3S/c1-24(2)20(23(27)28-3)25-21(26)19(22(25)29-24)18(14-16-10-6-4-7-11-16)15-17-12-8-5-9-13-17/h4-13,18-20,22H,14-15H2,1-3H3/t19-,20-,22+/m0/s1. The summed E-state index contributed by atoms with van der Waals surface area (Å²) in [5.74, 6) is -0.137. The van der Waals surface area contributed by atoms with E-state index in [4.69, 9.17) is 4.74 Å². The van der Waals surface area contributed by atoms with Crippen molar-refractivity contribution < 1.29 is 14.3 Å². The van der Waals surface area contributed by atoms with E-state index in [1.807, 2.05) is 50.2 Å². The molecule has 2 aliphatic rings. The predicted octanol–water partition coefficient (Wildman–Crippen LogP) is 3.94. The Hall–Kier alpha value is -2.27. The lowest BCUT2D eigenvalue weighted by Crippen LogP contribution is -2.64. The van der Waals surface area contributed by atoms with Crippen LogP contribution in [-0.2, 0) is 27.2 Å². The SMILES string of the molecule is COC(=O)[C@@H]1N2C(=O)[C@H](C(Cc3ccccc3)Cc3ccccc3)[C@H]2SC1(C)C. The minimum absolute atomic E-state index is 0.0269. The first kappa shape index (κ1) is 20.0. The second-order valence-electron chi connectivity index (χ2n) is 8.45. The number of esters is 1. The number of fused-ring (bicyclic) bond motifs is 1. The third-order valence-electron chi connectivity index (χ3n) is 6.10. The lowest BCUT2D eigenvalue weighted by atomic mass is 9.76. The van der Waals surface area contributed by atoms with Crippen LogP contribution in [-0.4, -0.2) is 40.0 Å². The number of carbonyl (C=O) groups excluding carboxylic acids is 2. The molecule has 2 heterocycles. The molecule has 29 heavy (non-hydrogen) atoms. The summed E-state index contributed by atoms with van der Waals surface area (Å²) in [5.41, 5.74) is 2.48. The maximum Gasteiger partial charge on any atom is 0.330 e. The zero-order chi connectivity index (χ0) is 20.6. The quantitative estimate of drug-likeness (QED) is 0.536. The van der Waals surface area contributed by atoms with Gasteiger partial charge in [0.25, 0.3) is 0 Å². The van der Waals surface area contributed by atoms with Crippen molar-refractivity contribution in [1.29, 1.82) is 0 Å². The smallest absolute Gasteiger partial charge is 0.330 e. The minimum atomic E-state index is -0.514. The molecule has 0 N–H and O–H groups in total. The molecule has 0 radical (unpaired) electrons. The fraction of sp³-hybridized carbons (Fsp3) is 0.417. The van der Waals surface area contributed by atoms with Gasteiger partial charge in [-0.2, -0.15) is 0 Å². The van der Waals surface area contributed by atoms with E-state index < -0.39 is 6.04 Å². The van der Waals surface area contributed by atoms with Crippen molar-refractivity contribution in [1.82, 2.24) is 4.90 Å². The summed E-state index contributed by atoms with van der Waals surface area (Å²) in [7, 11) is 1.39. The van der Waals surface area contributed by atoms with Gasteiger partial charge in [-0.1, -0.05) is 60.7 Å². The van der Waals surface area contributed by atoms with E-state index in [1.54, 1.807) is 16.7 Å². The van der Waals surface area contributed by atoms with Crippen LogP contribution in [0.2, 0.25) is 0 Å². The molecular formula is C24H27NO3S. The highest BCUT2D eigenvalue weighted by Gasteiger charge is 2.65. The van der Waals surface area contributed by atoms with Crippen molar-refractivity contribution in [3.8, 4) is 0 Å². The number of hydrogen-bond acceptors (Lipinski definition) is 4. The third-order valence-corrected chi connectivity index (χ3v) is 7.69. The van der Waals surface area contributed by atoms with Crippen LogP contribution in [0, 0.1) is 11.8 Å². The molecule has 152 valence electrons. The van der Waals surface area contributed by atoms with Gasteiger partial charge in [0.2, 0.25) is 5.91 Å². The normalized spacial score (nSPS) is 24.9. The molecule has 2 aromatic rings. The molecule has 5 heteroatoms. The Bertz CT molecular complexity index is 842. The molecule has 0 aromatic heterocycles. The molecule has 0 spiro atoms. The number of amides is 1. The second-order valence-corrected chi connectivity index (χ2v) is 10.2. The van der Waals surface area contributed by atoms with Crippen LogP contribution >= 0.6 is 11.8 Å². The van der Waals surface area contributed by atoms with Gasteiger partial charge in [-0.15, -0.1) is 11.8 Å². The molecule has 2 aliphatic heterocycles. The summed E-state index contributed by atoms with van der Waals surface area (Å²) in [6.45, 7) is 4.07. The first-order chi connectivity index (χ1) is 13.9. The summed E-state index contributed by atoms with van der Waals surface area (Å²) in [4.78, 5) is 27.5. The second kappa shape index (κ2) is 7.86. The average molecular weight is 410 g/mol. The minimum Gasteiger partial charge on any atom is -0.467 e. The van der Waals surface area contributed by atoms with Gasteiger partial charge in [-0.3, -0.25) is 4.79 Å². The highest BCUT2D eigenvalue weighted by molar-refractivity contribution is 8.01. The van der Waals surface area contributed by atoms with E-state index >= 15 is 0 Å². The number of carbonyl (C=O) groups is 2. The summed E-state index contributed by atoms with van der Waals surface area (Å²) >= 11 is 1.73. The number of ether oxygens (including phenoxy) is 1. The van der Waals surface area contributed by atoms with Crippen molar-refractivity contribution in [2.75, 3.05) is 7.11 Å². The molecule has 0 unspecified atom stereocenters. The summed E-state index contributed by atoms with van der Waals surface area (Å²) in [6.07, 6.45) is 1.70. The Balaban J connectivity index is 1.61. The van der Waals surface area contributed by atoms with Crippen LogP contribution in [0.5, 0.6) is 0 Å². The molecule has 3 atom stereocenters. The van der Waals surface area contributed by atoms with Crippen LogP contribution in [0.1, 0.15) is 25.0 Å². The largest absolute Gasteiger partial charge is 0.467 e. The molecular weight excluding hydrogens is 382 g/mol. The Morgan fingerprint density at radius 2 is 1.55 bits per heavy atom. The van der Waals surface area contributed by atoms with E-state index in [0.29, 0.717) is 0 Å². The fourth-order valence-electron chi connectivity index (χ4n) is 4.73. The number of thioether (sulfide) groups is 1. The summed E-state index contributed by atoms with van der Waals surface area (Å²) < 4.78 is 4.66. The van der Waals surface area contributed by atoms with Crippen molar-refractivity contribution in [2.45, 2.75) is 42.9 Å². The Kier molecular flexibility index (Phi) is 5.43. The number of nitrogens with zero attached hydrogens (tertiary/aromatic N) is 1. The highest BCUT2D eigenvalue weighted by Crippen LogP contribution is 2.55. The van der Waals surface area contributed by atoms with Gasteiger partial charge in [0.05, 0.1) is 18.4 Å². The maximum absolute atomic E-state index is 13.3. The van der Waals surface area contributed by atoms with Gasteiger partial charge in [0.15, 0.2) is 0 Å². The maximum atomic E-state index is 13.3. The highest BCUT2D eigenvalue weighted by atomic mass is 32.2. The van der Waals surface area contributed by atoms with Gasteiger partial charge < -0.3 is 9.64 Å². The van der Waals surface area contributed by atoms with Crippen LogP contribution in [0.3, 0.4) is 0 Å². The molecule has 2 aromatic carbocycles. The zero-order valence-corrected chi connectivity index (χ0v) is 17.9. The van der Waals surface area contributed by atoms with Gasteiger partial charge in [-0.25, -0.2) is 4.79 Å². The first-order valence-electron chi connectivity index (χ1n) is 10.1. The van der Waals surface area contributed by atoms with Crippen molar-refractivity contribution >= 4 is 23.6 Å². The fourth-order valence-corrected chi connectivity index (χ4v) is 6.51. The van der Waals surface area contributed by atoms with Gasteiger partial charge in [0.1, 0.15) is 6.04 Å². The number of methoxy groups -OCH3 is 1. The van der Waals surface area contributed by atoms with Crippen LogP contribution in [0.4, 0.5) is 0 Å². The van der Waals surface area contributed by atoms with Crippen LogP contribution < -0.4 is 0 Å². The molecule has 0 bridgehead atoms. The van der Waals surface area contributed by atoms with E-state index in [-0.39, 0.29) is 33.8 Å². The topological polar surface area (TPSA) is 46.6 Å². The lowest BCUT2D eigenvalue weighted by molar-refractivity contribution is -0.167. The van der Waals surface area contributed by atoms with Gasteiger partial charge in [-0.05, 0) is 43.7 Å². The zero-order valence-electron chi connectivity index (χ0n) is 17.1. The van der Waals surface area contributed by atoms with E-state index in [9.17, 15) is 9.59 Å². The Morgan fingerprint density at radius 3 is 2.03 bits per heavy atom. The molecule has 4 nitrogen and oxygen atoms in total. The van der Waals surface area contributed by atoms with Crippen molar-refractivity contribution in [2.24, 2.45) is 11.8 Å². The molecule has 0 aliphatic carbocycles.